The molecular formula is C21H21NO4S. The molecule has 0 saturated heterocycles. The number of carboxylic acids is 1. The second kappa shape index (κ2) is 7.88. The summed E-state index contributed by atoms with van der Waals surface area (Å²) in [6.07, 6.45) is 1.66. The summed E-state index contributed by atoms with van der Waals surface area (Å²) >= 11 is 1.00. The van der Waals surface area contributed by atoms with E-state index < -0.39 is 5.97 Å². The highest BCUT2D eigenvalue weighted by Gasteiger charge is 2.17. The summed E-state index contributed by atoms with van der Waals surface area (Å²) in [4.78, 5) is 16.3. The van der Waals surface area contributed by atoms with Gasteiger partial charge in [0.25, 0.3) is 5.22 Å². The van der Waals surface area contributed by atoms with Gasteiger partial charge in [-0.25, -0.2) is 9.78 Å². The van der Waals surface area contributed by atoms with Gasteiger partial charge in [-0.3, -0.25) is 0 Å². The highest BCUT2D eigenvalue weighted by Crippen LogP contribution is 2.34. The van der Waals surface area contributed by atoms with Crippen molar-refractivity contribution in [2.75, 3.05) is 7.11 Å². The van der Waals surface area contributed by atoms with Crippen LogP contribution in [0.1, 0.15) is 36.5 Å². The second-order valence-electron chi connectivity index (χ2n) is 6.47. The molecule has 1 N–H and O–H groups in total. The lowest BCUT2D eigenvalue weighted by Gasteiger charge is -2.15. The molecule has 0 fully saturated rings. The molecule has 1 heterocycles. The van der Waals surface area contributed by atoms with Crippen LogP contribution in [-0.4, -0.2) is 23.2 Å². The molecule has 27 heavy (non-hydrogen) atoms. The van der Waals surface area contributed by atoms with E-state index in [4.69, 9.17) is 9.15 Å². The van der Waals surface area contributed by atoms with Gasteiger partial charge in [-0.15, -0.1) is 0 Å². The Bertz CT molecular complexity index is 987. The molecule has 140 valence electrons. The number of ether oxygens (including phenoxy) is 1. The summed E-state index contributed by atoms with van der Waals surface area (Å²) in [6, 6.07) is 11.3. The van der Waals surface area contributed by atoms with Crippen LogP contribution in [0.15, 0.2) is 50.9 Å². The number of para-hydroxylation sites is 2. The summed E-state index contributed by atoms with van der Waals surface area (Å²) in [6.45, 7) is 6.08. The third-order valence-electron chi connectivity index (χ3n) is 4.21. The average Bonchev–Trinajstić information content (AvgIpc) is 3.04. The summed E-state index contributed by atoms with van der Waals surface area (Å²) in [5.74, 6) is 0.0392. The van der Waals surface area contributed by atoms with Crippen LogP contribution in [0.25, 0.3) is 17.2 Å². The van der Waals surface area contributed by atoms with Crippen molar-refractivity contribution in [3.05, 3.63) is 58.0 Å². The van der Waals surface area contributed by atoms with Crippen molar-refractivity contribution in [1.82, 2.24) is 4.98 Å². The van der Waals surface area contributed by atoms with Crippen LogP contribution in [0.3, 0.4) is 0 Å². The van der Waals surface area contributed by atoms with Crippen molar-refractivity contribution in [3.8, 4) is 5.75 Å². The Morgan fingerprint density at radius 1 is 1.30 bits per heavy atom. The molecule has 0 amide bonds. The smallest absolute Gasteiger partial charge is 0.342 e. The number of benzene rings is 2. The predicted octanol–water partition coefficient (Wildman–Crippen LogP) is 5.49. The van der Waals surface area contributed by atoms with Crippen molar-refractivity contribution < 1.29 is 19.1 Å². The number of aryl methyl sites for hydroxylation is 1. The van der Waals surface area contributed by atoms with Crippen molar-refractivity contribution in [1.29, 1.82) is 0 Å². The summed E-state index contributed by atoms with van der Waals surface area (Å²) in [5.41, 5.74) is 4.14. The first-order valence-electron chi connectivity index (χ1n) is 8.56. The van der Waals surface area contributed by atoms with E-state index in [-0.39, 0.29) is 10.8 Å². The van der Waals surface area contributed by atoms with Gasteiger partial charge in [0.05, 0.1) is 7.11 Å². The monoisotopic (exact) mass is 383 g/mol. The molecule has 0 saturated carbocycles. The third kappa shape index (κ3) is 4.17. The maximum Gasteiger partial charge on any atom is 0.342 e. The van der Waals surface area contributed by atoms with Gasteiger partial charge < -0.3 is 14.3 Å². The third-order valence-corrected chi connectivity index (χ3v) is 5.07. The fourth-order valence-corrected chi connectivity index (χ4v) is 3.50. The number of nitrogens with zero attached hydrogens (tertiary/aromatic N) is 1. The normalized spacial score (nSPS) is 12.0. The van der Waals surface area contributed by atoms with E-state index in [2.05, 4.69) is 18.8 Å². The number of aliphatic carboxylic acids is 1. The molecule has 0 bridgehead atoms. The minimum atomic E-state index is -1.02. The van der Waals surface area contributed by atoms with Crippen LogP contribution in [0, 0.1) is 6.92 Å². The molecule has 0 radical (unpaired) electrons. The Morgan fingerprint density at radius 3 is 2.67 bits per heavy atom. The van der Waals surface area contributed by atoms with Gasteiger partial charge in [-0.05, 0) is 71.6 Å². The molecule has 3 rings (SSSR count). The molecule has 0 spiro atoms. The summed E-state index contributed by atoms with van der Waals surface area (Å²) in [5, 5.41) is 9.96. The molecule has 0 aliphatic carbocycles. The van der Waals surface area contributed by atoms with E-state index in [1.165, 1.54) is 0 Å². The maximum absolute atomic E-state index is 11.8. The van der Waals surface area contributed by atoms with Gasteiger partial charge >= 0.3 is 5.97 Å². The van der Waals surface area contributed by atoms with Gasteiger partial charge in [0.1, 0.15) is 16.2 Å². The molecule has 0 atom stereocenters. The lowest BCUT2D eigenvalue weighted by Crippen LogP contribution is -2.00. The molecule has 3 aromatic rings. The van der Waals surface area contributed by atoms with Crippen molar-refractivity contribution >= 4 is 34.9 Å². The van der Waals surface area contributed by atoms with Crippen LogP contribution < -0.4 is 4.74 Å². The quantitative estimate of drug-likeness (QED) is 0.448. The van der Waals surface area contributed by atoms with Gasteiger partial charge in [-0.2, -0.15) is 0 Å². The maximum atomic E-state index is 11.8. The van der Waals surface area contributed by atoms with Gasteiger partial charge in [0, 0.05) is 0 Å². The van der Waals surface area contributed by atoms with Crippen molar-refractivity contribution in [3.63, 3.8) is 0 Å². The van der Waals surface area contributed by atoms with E-state index >= 15 is 0 Å². The van der Waals surface area contributed by atoms with Crippen LogP contribution in [0.2, 0.25) is 0 Å². The first-order valence-corrected chi connectivity index (χ1v) is 9.37. The fourth-order valence-electron chi connectivity index (χ4n) is 2.76. The number of carboxylic acid groups (broad SMARTS) is 1. The number of thioether (sulfide) groups is 1. The van der Waals surface area contributed by atoms with Crippen LogP contribution in [-0.2, 0) is 4.79 Å². The Kier molecular flexibility index (Phi) is 5.56. The van der Waals surface area contributed by atoms with Crippen LogP contribution >= 0.6 is 11.8 Å². The number of fused-ring (bicyclic) bond motifs is 1. The number of hydrogen-bond donors (Lipinski definition) is 1. The van der Waals surface area contributed by atoms with Crippen molar-refractivity contribution in [2.24, 2.45) is 0 Å². The standard InChI is InChI=1S/C21H21NO4S/c1-12(2)15-10-14(13(3)9-18(15)25-4)11-19(20(23)24)27-21-22-16-7-5-6-8-17(16)26-21/h5-12H,1-4H3,(H,23,24)/b19-11-. The van der Waals surface area contributed by atoms with E-state index in [9.17, 15) is 9.90 Å². The Morgan fingerprint density at radius 2 is 2.04 bits per heavy atom. The molecular weight excluding hydrogens is 362 g/mol. The SMILES string of the molecule is COc1cc(C)c(/C=C(\Sc2nc3ccccc3o2)C(=O)O)cc1C(C)C. The zero-order valence-electron chi connectivity index (χ0n) is 15.6. The highest BCUT2D eigenvalue weighted by molar-refractivity contribution is 8.03. The van der Waals surface area contributed by atoms with E-state index in [0.717, 1.165) is 34.2 Å². The van der Waals surface area contributed by atoms with Crippen molar-refractivity contribution in [2.45, 2.75) is 31.9 Å². The molecule has 1 aromatic heterocycles. The number of carbonyl (C=O) groups is 1. The fraction of sp³-hybridized carbons (Fsp3) is 0.238. The molecule has 0 unspecified atom stereocenters. The van der Waals surface area contributed by atoms with Gasteiger partial charge in [0.15, 0.2) is 5.58 Å². The van der Waals surface area contributed by atoms with Crippen LogP contribution in [0.4, 0.5) is 0 Å². The number of oxazole rings is 1. The second-order valence-corrected chi connectivity index (χ2v) is 7.46. The van der Waals surface area contributed by atoms with E-state index in [0.29, 0.717) is 16.3 Å². The number of methoxy groups -OCH3 is 1. The lowest BCUT2D eigenvalue weighted by molar-refractivity contribution is -0.131. The highest BCUT2D eigenvalue weighted by atomic mass is 32.2. The minimum Gasteiger partial charge on any atom is -0.496 e. The number of aromatic nitrogens is 1. The first-order chi connectivity index (χ1) is 12.9. The Hall–Kier alpha value is -2.73. The largest absolute Gasteiger partial charge is 0.496 e. The molecule has 0 aliphatic heterocycles. The predicted molar refractivity (Wildman–Crippen MR) is 107 cm³/mol. The van der Waals surface area contributed by atoms with E-state index in [1.54, 1.807) is 19.3 Å². The van der Waals surface area contributed by atoms with Crippen LogP contribution in [0.5, 0.6) is 5.75 Å². The van der Waals surface area contributed by atoms with E-state index in [1.807, 2.05) is 37.3 Å². The molecule has 2 aromatic carbocycles. The lowest BCUT2D eigenvalue weighted by atomic mass is 9.96. The average molecular weight is 383 g/mol. The number of rotatable bonds is 6. The minimum absolute atomic E-state index is 0.143. The first kappa shape index (κ1) is 19.0. The van der Waals surface area contributed by atoms with Gasteiger partial charge in [0.2, 0.25) is 0 Å². The summed E-state index contributed by atoms with van der Waals surface area (Å²) in [7, 11) is 1.64. The molecule has 5 nitrogen and oxygen atoms in total. The zero-order chi connectivity index (χ0) is 19.6. The molecule has 6 heteroatoms. The Balaban J connectivity index is 2.00. The topological polar surface area (TPSA) is 72.6 Å². The number of hydrogen-bond acceptors (Lipinski definition) is 5. The van der Waals surface area contributed by atoms with Gasteiger partial charge in [-0.1, -0.05) is 26.0 Å². The Labute approximate surface area is 162 Å². The summed E-state index contributed by atoms with van der Waals surface area (Å²) < 4.78 is 11.1. The molecule has 0 aliphatic rings. The zero-order valence-corrected chi connectivity index (χ0v) is 16.5.